The van der Waals surface area contributed by atoms with Gasteiger partial charge in [-0.15, -0.1) is 0 Å². The van der Waals surface area contributed by atoms with Gasteiger partial charge in [-0.05, 0) is 94.7 Å². The summed E-state index contributed by atoms with van der Waals surface area (Å²) in [6, 6.07) is 42.2. The molecule has 0 unspecified atom stereocenters. The summed E-state index contributed by atoms with van der Waals surface area (Å²) in [6.07, 6.45) is 0. The summed E-state index contributed by atoms with van der Waals surface area (Å²) >= 11 is 0.194. The van der Waals surface area contributed by atoms with Gasteiger partial charge in [0.2, 0.25) is 0 Å². The molecule has 6 aromatic carbocycles. The van der Waals surface area contributed by atoms with E-state index < -0.39 is 0 Å². The number of furan rings is 1. The van der Waals surface area contributed by atoms with E-state index in [2.05, 4.69) is 109 Å². The fourth-order valence-electron chi connectivity index (χ4n) is 5.29. The summed E-state index contributed by atoms with van der Waals surface area (Å²) in [5.41, 5.74) is 3.52. The van der Waals surface area contributed by atoms with Crippen molar-refractivity contribution in [1.29, 1.82) is 0 Å². The van der Waals surface area contributed by atoms with Crippen LogP contribution in [0.2, 0.25) is 0 Å². The second-order valence-electron chi connectivity index (χ2n) is 10.0. The Labute approximate surface area is 259 Å². The fraction of sp³-hybridized carbons (Fsp3) is 0.0556. The number of fused-ring (bicyclic) bond motifs is 4. The van der Waals surface area contributed by atoms with E-state index in [-0.39, 0.29) is 13.1 Å². The first-order valence-corrected chi connectivity index (χ1v) is 16.5. The first kappa shape index (κ1) is 28.2. The maximum atomic E-state index is 6.25. The van der Waals surface area contributed by atoms with Crippen LogP contribution in [-0.4, -0.2) is 11.4 Å². The molecule has 7 rings (SSSR count). The number of nitrogens with zero attached hydrogens (tertiary/aromatic N) is 2. The summed E-state index contributed by atoms with van der Waals surface area (Å²) < 4.78 is 6.25. The standard InChI is InChI=1S/C36H26N2O.2ClH.Fe/c1-23(37-33-15-7-13-29-19-25-9-3-5-11-27(25)21-31(29)33)35-17-18-36(39-35)24(2)38-34-16-8-14-30-20-26-10-4-6-12-28(26)22-32(30)34;;;/h3-22H,1-2H3;2*1H;/q;;;+2/p-2. The number of benzene rings is 6. The van der Waals surface area contributed by atoms with Gasteiger partial charge in [-0.25, -0.2) is 9.98 Å². The molecule has 0 saturated heterocycles. The second-order valence-corrected chi connectivity index (χ2v) is 11.8. The van der Waals surface area contributed by atoms with Crippen molar-refractivity contribution in [2.24, 2.45) is 9.98 Å². The van der Waals surface area contributed by atoms with Gasteiger partial charge in [0.1, 0.15) is 11.5 Å². The molecule has 0 aliphatic rings. The van der Waals surface area contributed by atoms with Crippen molar-refractivity contribution < 1.29 is 17.6 Å². The van der Waals surface area contributed by atoms with Crippen LogP contribution >= 0.6 is 20.2 Å². The Morgan fingerprint density at radius 2 is 0.857 bits per heavy atom. The zero-order chi connectivity index (χ0) is 29.1. The second kappa shape index (κ2) is 12.5. The molecule has 1 heterocycles. The zero-order valence-corrected chi connectivity index (χ0v) is 25.6. The van der Waals surface area contributed by atoms with Crippen LogP contribution < -0.4 is 0 Å². The van der Waals surface area contributed by atoms with Crippen molar-refractivity contribution in [2.75, 3.05) is 0 Å². The van der Waals surface area contributed by atoms with Crippen molar-refractivity contribution in [3.63, 3.8) is 0 Å². The maximum absolute atomic E-state index is 6.25. The van der Waals surface area contributed by atoms with Crippen LogP contribution in [0, 0.1) is 0 Å². The Morgan fingerprint density at radius 3 is 1.26 bits per heavy atom. The topological polar surface area (TPSA) is 37.9 Å². The average molecular weight is 629 g/mol. The summed E-state index contributed by atoms with van der Waals surface area (Å²) in [6.45, 7) is 3.98. The third-order valence-corrected chi connectivity index (χ3v) is 7.34. The van der Waals surface area contributed by atoms with Crippen molar-refractivity contribution in [1.82, 2.24) is 0 Å². The molecule has 0 aliphatic carbocycles. The molecule has 3 nitrogen and oxygen atoms in total. The summed E-state index contributed by atoms with van der Waals surface area (Å²) in [5, 5.41) is 9.48. The number of aliphatic imine (C=N–C) groups is 2. The molecule has 208 valence electrons. The molecule has 0 saturated carbocycles. The van der Waals surface area contributed by atoms with Gasteiger partial charge < -0.3 is 4.42 Å². The molecule has 0 bridgehead atoms. The molecular formula is C36H26Cl2FeN2O. The summed E-state index contributed by atoms with van der Waals surface area (Å²) in [4.78, 5) is 9.95. The first-order valence-electron chi connectivity index (χ1n) is 13.4. The first-order chi connectivity index (χ1) is 20.5. The molecule has 0 amide bonds. The van der Waals surface area contributed by atoms with Crippen LogP contribution in [0.5, 0.6) is 0 Å². The van der Waals surface area contributed by atoms with Gasteiger partial charge in [0.25, 0.3) is 0 Å². The van der Waals surface area contributed by atoms with E-state index in [0.717, 1.165) is 45.1 Å². The Morgan fingerprint density at radius 1 is 0.500 bits per heavy atom. The molecule has 42 heavy (non-hydrogen) atoms. The third kappa shape index (κ3) is 5.86. The zero-order valence-electron chi connectivity index (χ0n) is 23.0. The van der Waals surface area contributed by atoms with Crippen molar-refractivity contribution >= 4 is 86.1 Å². The number of halogens is 2. The van der Waals surface area contributed by atoms with E-state index in [1.54, 1.807) is 0 Å². The molecule has 1 aromatic heterocycles. The Balaban J connectivity index is 0.00000101. The van der Waals surface area contributed by atoms with Gasteiger partial charge in [0.05, 0.1) is 22.8 Å². The Kier molecular flexibility index (Phi) is 8.41. The van der Waals surface area contributed by atoms with Crippen LogP contribution in [0.4, 0.5) is 11.4 Å². The van der Waals surface area contributed by atoms with Gasteiger partial charge in [-0.3, -0.25) is 0 Å². The third-order valence-electron chi connectivity index (χ3n) is 7.34. The molecule has 0 N–H and O–H groups in total. The van der Waals surface area contributed by atoms with Crippen LogP contribution in [0.25, 0.3) is 43.1 Å². The fourth-order valence-corrected chi connectivity index (χ4v) is 5.29. The van der Waals surface area contributed by atoms with E-state index in [0.29, 0.717) is 0 Å². The molecule has 7 aromatic rings. The van der Waals surface area contributed by atoms with Crippen molar-refractivity contribution in [3.05, 3.63) is 133 Å². The van der Waals surface area contributed by atoms with Crippen molar-refractivity contribution in [2.45, 2.75) is 13.8 Å². The SMILES string of the molecule is CC(=Nc1cccc2cc3ccccc3cc12)c1ccc(C(C)=Nc2cccc3cc4ccccc4cc23)o1.[Cl][Fe][Cl]. The number of hydrogen-bond acceptors (Lipinski definition) is 3. The average Bonchev–Trinajstić information content (AvgIpc) is 3.51. The van der Waals surface area contributed by atoms with E-state index in [1.165, 1.54) is 32.3 Å². The van der Waals surface area contributed by atoms with Crippen LogP contribution in [0.1, 0.15) is 25.4 Å². The molecule has 0 atom stereocenters. The van der Waals surface area contributed by atoms with Crippen LogP contribution in [0.3, 0.4) is 0 Å². The van der Waals surface area contributed by atoms with E-state index in [4.69, 9.17) is 34.6 Å². The van der Waals surface area contributed by atoms with Gasteiger partial charge in [0.15, 0.2) is 0 Å². The number of hydrogen-bond donors (Lipinski definition) is 0. The van der Waals surface area contributed by atoms with E-state index in [1.807, 2.05) is 26.0 Å². The van der Waals surface area contributed by atoms with Gasteiger partial charge in [-0.2, -0.15) is 0 Å². The summed E-state index contributed by atoms with van der Waals surface area (Å²) in [7, 11) is 9.53. The Bertz CT molecular complexity index is 1980. The molecular weight excluding hydrogens is 603 g/mol. The molecule has 6 heteroatoms. The summed E-state index contributed by atoms with van der Waals surface area (Å²) in [5.74, 6) is 1.47. The van der Waals surface area contributed by atoms with Gasteiger partial charge in [0, 0.05) is 10.8 Å². The molecule has 0 radical (unpaired) electrons. The predicted octanol–water partition coefficient (Wildman–Crippen LogP) is 11.6. The van der Waals surface area contributed by atoms with E-state index >= 15 is 0 Å². The van der Waals surface area contributed by atoms with Crippen molar-refractivity contribution in [3.8, 4) is 0 Å². The normalized spacial score (nSPS) is 12.3. The monoisotopic (exact) mass is 628 g/mol. The minimum absolute atomic E-state index is 0.194. The number of rotatable bonds is 4. The minimum atomic E-state index is 0.194. The Hall–Kier alpha value is -3.92. The van der Waals surface area contributed by atoms with Crippen LogP contribution in [-0.2, 0) is 13.1 Å². The van der Waals surface area contributed by atoms with Gasteiger partial charge >= 0.3 is 33.3 Å². The molecule has 0 fully saturated rings. The van der Waals surface area contributed by atoms with Crippen LogP contribution in [0.15, 0.2) is 136 Å². The predicted molar refractivity (Wildman–Crippen MR) is 177 cm³/mol. The molecule has 0 spiro atoms. The quantitative estimate of drug-likeness (QED) is 0.108. The van der Waals surface area contributed by atoms with E-state index in [9.17, 15) is 0 Å². The molecule has 0 aliphatic heterocycles. The van der Waals surface area contributed by atoms with Gasteiger partial charge in [-0.1, -0.05) is 72.8 Å².